The van der Waals surface area contributed by atoms with E-state index >= 15 is 0 Å². The van der Waals surface area contributed by atoms with Crippen molar-refractivity contribution >= 4 is 47.3 Å². The van der Waals surface area contributed by atoms with Crippen molar-refractivity contribution in [1.82, 2.24) is 37.2 Å². The molecule has 62 heavy (non-hydrogen) atoms. The third-order valence-corrected chi connectivity index (χ3v) is 9.15. The molecule has 0 bridgehead atoms. The molecule has 0 aliphatic heterocycles. The SMILES string of the molecule is C[C@@H](O)[C@H](NC(=O)[C@H](Cc1ccccc1)NC(=O)CN)C(=O)N[C@@H](Cc1ccccc1)C(=O)N[C@@H](CO)C(=O)N[C@@H](CO)C(=O)N[C@@H](Cc1ccc(O)cc1)C(=O)NCC(=O)O. The summed E-state index contributed by atoms with van der Waals surface area (Å²) in [6, 6.07) is 13.0. The van der Waals surface area contributed by atoms with Crippen molar-refractivity contribution in [3.8, 4) is 5.75 Å². The maximum atomic E-state index is 13.8. The fraction of sp³-hybridized carbons (Fsp3) is 0.366. The normalized spacial score (nSPS) is 14.2. The number of aliphatic hydroxyl groups is 3. The minimum atomic E-state index is -1.79. The molecule has 0 saturated heterocycles. The molecule has 21 heteroatoms. The van der Waals surface area contributed by atoms with Gasteiger partial charge in [0.05, 0.1) is 25.9 Å². The number of amides is 7. The lowest BCUT2D eigenvalue weighted by molar-refractivity contribution is -0.138. The second kappa shape index (κ2) is 25.0. The van der Waals surface area contributed by atoms with Gasteiger partial charge in [0.25, 0.3) is 0 Å². The first-order chi connectivity index (χ1) is 29.5. The highest BCUT2D eigenvalue weighted by Crippen LogP contribution is 2.12. The Morgan fingerprint density at radius 1 is 0.532 bits per heavy atom. The summed E-state index contributed by atoms with van der Waals surface area (Å²) < 4.78 is 0. The molecule has 0 unspecified atom stereocenters. The predicted molar refractivity (Wildman–Crippen MR) is 219 cm³/mol. The molecule has 0 aliphatic rings. The minimum absolute atomic E-state index is 0.00246. The number of phenols is 1. The number of hydrogen-bond donors (Lipinski definition) is 13. The van der Waals surface area contributed by atoms with Crippen LogP contribution in [0.4, 0.5) is 0 Å². The van der Waals surface area contributed by atoms with Crippen LogP contribution in [0.25, 0.3) is 0 Å². The molecule has 7 atom stereocenters. The van der Waals surface area contributed by atoms with Crippen LogP contribution < -0.4 is 43.0 Å². The highest BCUT2D eigenvalue weighted by Gasteiger charge is 2.35. The molecule has 0 aromatic heterocycles. The van der Waals surface area contributed by atoms with E-state index in [9.17, 15) is 58.8 Å². The average Bonchev–Trinajstić information content (AvgIpc) is 3.25. The van der Waals surface area contributed by atoms with Gasteiger partial charge in [-0.2, -0.15) is 0 Å². The average molecular weight is 865 g/mol. The van der Waals surface area contributed by atoms with Gasteiger partial charge >= 0.3 is 5.97 Å². The maximum Gasteiger partial charge on any atom is 0.322 e. The van der Waals surface area contributed by atoms with E-state index in [1.54, 1.807) is 60.7 Å². The van der Waals surface area contributed by atoms with E-state index in [1.807, 2.05) is 0 Å². The van der Waals surface area contributed by atoms with Crippen LogP contribution >= 0.6 is 0 Å². The number of carbonyl (C=O) groups is 8. The lowest BCUT2D eigenvalue weighted by Crippen LogP contribution is -2.62. The van der Waals surface area contributed by atoms with Gasteiger partial charge in [0.1, 0.15) is 48.5 Å². The van der Waals surface area contributed by atoms with Gasteiger partial charge in [0.2, 0.25) is 41.4 Å². The maximum absolute atomic E-state index is 13.8. The zero-order valence-electron chi connectivity index (χ0n) is 33.7. The number of aromatic hydroxyl groups is 1. The fourth-order valence-corrected chi connectivity index (χ4v) is 5.86. The standard InChI is InChI=1S/C41H52N8O13/c1-23(52)35(49-38(59)29(44-33(54)19-42)16-24-8-4-2-5-9-24)41(62)46-30(17-25-10-6-3-7-11-25)37(58)47-32(22-51)40(61)48-31(21-50)39(60)45-28(36(57)43-20-34(55)56)18-26-12-14-27(53)15-13-26/h2-15,23,28-32,35,50-53H,16-22,42H2,1H3,(H,43,57)(H,44,54)(H,45,60)(H,46,62)(H,47,58)(H,48,61)(H,49,59)(H,55,56)/t23-,28+,29+,30+,31+,32+,35+/m1/s1. The summed E-state index contributed by atoms with van der Waals surface area (Å²) in [7, 11) is 0. The summed E-state index contributed by atoms with van der Waals surface area (Å²) in [5.74, 6) is -8.25. The van der Waals surface area contributed by atoms with Crippen LogP contribution in [0, 0.1) is 0 Å². The van der Waals surface area contributed by atoms with E-state index in [4.69, 9.17) is 10.8 Å². The van der Waals surface area contributed by atoms with E-state index in [1.165, 1.54) is 31.2 Å². The Labute approximate surface area is 355 Å². The second-order valence-electron chi connectivity index (χ2n) is 14.0. The van der Waals surface area contributed by atoms with Crippen LogP contribution in [0.2, 0.25) is 0 Å². The summed E-state index contributed by atoms with van der Waals surface area (Å²) in [5.41, 5.74) is 7.07. The van der Waals surface area contributed by atoms with Crippen molar-refractivity contribution in [3.05, 3.63) is 102 Å². The molecule has 3 rings (SSSR count). The predicted octanol–water partition coefficient (Wildman–Crippen LogP) is -4.15. The van der Waals surface area contributed by atoms with Crippen molar-refractivity contribution in [3.63, 3.8) is 0 Å². The molecule has 3 aromatic rings. The topological polar surface area (TPSA) is 348 Å². The number of benzene rings is 3. The molecular weight excluding hydrogens is 812 g/mol. The van der Waals surface area contributed by atoms with Gasteiger partial charge in [-0.25, -0.2) is 0 Å². The van der Waals surface area contributed by atoms with Crippen molar-refractivity contribution in [2.75, 3.05) is 26.3 Å². The Morgan fingerprint density at radius 3 is 1.35 bits per heavy atom. The van der Waals surface area contributed by atoms with E-state index in [2.05, 4.69) is 37.2 Å². The monoisotopic (exact) mass is 864 g/mol. The molecule has 0 radical (unpaired) electrons. The third kappa shape index (κ3) is 16.3. The Balaban J connectivity index is 1.78. The molecule has 21 nitrogen and oxygen atoms in total. The molecular formula is C41H52N8O13. The zero-order valence-corrected chi connectivity index (χ0v) is 33.7. The lowest BCUT2D eigenvalue weighted by Gasteiger charge is -2.28. The number of aliphatic hydroxyl groups excluding tert-OH is 3. The number of nitrogens with two attached hydrogens (primary N) is 1. The fourth-order valence-electron chi connectivity index (χ4n) is 5.86. The van der Waals surface area contributed by atoms with Crippen LogP contribution in [-0.4, -0.2) is 142 Å². The Kier molecular flexibility index (Phi) is 19.9. The highest BCUT2D eigenvalue weighted by atomic mass is 16.4. The minimum Gasteiger partial charge on any atom is -0.508 e. The van der Waals surface area contributed by atoms with Crippen LogP contribution in [0.3, 0.4) is 0 Å². The van der Waals surface area contributed by atoms with Crippen LogP contribution in [0.15, 0.2) is 84.9 Å². The number of carboxylic acids is 1. The summed E-state index contributed by atoms with van der Waals surface area (Å²) in [6.45, 7) is -2.10. The van der Waals surface area contributed by atoms with E-state index in [0.717, 1.165) is 0 Å². The van der Waals surface area contributed by atoms with Crippen LogP contribution in [-0.2, 0) is 57.6 Å². The number of nitrogens with one attached hydrogen (secondary N) is 7. The van der Waals surface area contributed by atoms with E-state index in [0.29, 0.717) is 16.7 Å². The zero-order chi connectivity index (χ0) is 45.8. The first-order valence-corrected chi connectivity index (χ1v) is 19.3. The largest absolute Gasteiger partial charge is 0.508 e. The summed E-state index contributed by atoms with van der Waals surface area (Å²) in [4.78, 5) is 104. The number of carbonyl (C=O) groups excluding carboxylic acids is 7. The molecule has 0 aliphatic carbocycles. The Bertz CT molecular complexity index is 1990. The summed E-state index contributed by atoms with van der Waals surface area (Å²) in [5, 5.41) is 65.7. The summed E-state index contributed by atoms with van der Waals surface area (Å²) >= 11 is 0. The lowest BCUT2D eigenvalue weighted by atomic mass is 10.0. The first-order valence-electron chi connectivity index (χ1n) is 19.3. The Hall–Kier alpha value is -6.94. The molecule has 334 valence electrons. The number of phenolic OH excluding ortho intramolecular Hbond substituents is 1. The van der Waals surface area contributed by atoms with Gasteiger partial charge in [-0.3, -0.25) is 38.4 Å². The van der Waals surface area contributed by atoms with Crippen molar-refractivity contribution in [2.24, 2.45) is 5.73 Å². The van der Waals surface area contributed by atoms with Crippen LogP contribution in [0.1, 0.15) is 23.6 Å². The van der Waals surface area contributed by atoms with Gasteiger partial charge in [0.15, 0.2) is 0 Å². The number of rotatable bonds is 24. The number of hydrogen-bond acceptors (Lipinski definition) is 13. The Morgan fingerprint density at radius 2 is 0.919 bits per heavy atom. The molecule has 0 saturated carbocycles. The van der Waals surface area contributed by atoms with Crippen LogP contribution in [0.5, 0.6) is 5.75 Å². The van der Waals surface area contributed by atoms with Gasteiger partial charge in [-0.15, -0.1) is 0 Å². The van der Waals surface area contributed by atoms with Crippen molar-refractivity contribution in [2.45, 2.75) is 68.5 Å². The molecule has 0 heterocycles. The van der Waals surface area contributed by atoms with Gasteiger partial charge in [0, 0.05) is 19.3 Å². The molecule has 3 aromatic carbocycles. The van der Waals surface area contributed by atoms with Gasteiger partial charge < -0.3 is 68.5 Å². The molecule has 0 fully saturated rings. The van der Waals surface area contributed by atoms with Gasteiger partial charge in [-0.1, -0.05) is 72.8 Å². The second-order valence-corrected chi connectivity index (χ2v) is 14.0. The smallest absolute Gasteiger partial charge is 0.322 e. The molecule has 14 N–H and O–H groups in total. The van der Waals surface area contributed by atoms with Crippen molar-refractivity contribution in [1.29, 1.82) is 0 Å². The molecule has 0 spiro atoms. The van der Waals surface area contributed by atoms with Gasteiger partial charge in [-0.05, 0) is 35.7 Å². The van der Waals surface area contributed by atoms with Crippen molar-refractivity contribution < 1.29 is 63.9 Å². The molecule has 7 amide bonds. The highest BCUT2D eigenvalue weighted by molar-refractivity contribution is 5.97. The number of carboxylic acid groups (broad SMARTS) is 1. The third-order valence-electron chi connectivity index (χ3n) is 9.15. The summed E-state index contributed by atoms with van der Waals surface area (Å²) in [6.07, 6.45) is -1.94. The number of aliphatic carboxylic acids is 1. The van der Waals surface area contributed by atoms with E-state index in [-0.39, 0.29) is 25.0 Å². The quantitative estimate of drug-likeness (QED) is 0.0407. The first kappa shape index (κ1) is 49.4. The van der Waals surface area contributed by atoms with E-state index < -0.39 is 116 Å².